The van der Waals surface area contributed by atoms with E-state index in [-0.39, 0.29) is 21.7 Å². The Hall–Kier alpha value is -2.63. The lowest BCUT2D eigenvalue weighted by Crippen LogP contribution is -2.48. The molecule has 1 saturated carbocycles. The van der Waals surface area contributed by atoms with Crippen molar-refractivity contribution in [3.05, 3.63) is 31.3 Å². The highest BCUT2D eigenvalue weighted by molar-refractivity contribution is 7.20. The van der Waals surface area contributed by atoms with Crippen molar-refractivity contribution in [3.8, 4) is 0 Å². The number of halogens is 3. The maximum absolute atomic E-state index is 13.3. The molecule has 0 atom stereocenters. The number of hydrogen-bond acceptors (Lipinski definition) is 6. The molecule has 1 N–H and O–H groups in total. The van der Waals surface area contributed by atoms with Gasteiger partial charge >= 0.3 is 18.0 Å². The fourth-order valence-electron chi connectivity index (χ4n) is 4.11. The van der Waals surface area contributed by atoms with Gasteiger partial charge in [-0.3, -0.25) is 13.9 Å². The minimum Gasteiger partial charge on any atom is -0.443 e. The number of ether oxygens (including phenoxy) is 1. The Bertz CT molecular complexity index is 1240. The van der Waals surface area contributed by atoms with Crippen molar-refractivity contribution in [3.63, 3.8) is 0 Å². The lowest BCUT2D eigenvalue weighted by atomic mass is 9.68. The van der Waals surface area contributed by atoms with Crippen LogP contribution in [0.1, 0.15) is 70.4 Å². The first-order chi connectivity index (χ1) is 15.5. The summed E-state index contributed by atoms with van der Waals surface area (Å²) >= 11 is 0.981. The smallest absolute Gasteiger partial charge is 0.428 e. The van der Waals surface area contributed by atoms with E-state index in [1.165, 1.54) is 6.21 Å². The van der Waals surface area contributed by atoms with Gasteiger partial charge in [0.05, 0.1) is 22.9 Å². The molecule has 3 rings (SSSR count). The summed E-state index contributed by atoms with van der Waals surface area (Å²) in [7, 11) is 0. The van der Waals surface area contributed by atoms with E-state index in [2.05, 4.69) is 10.5 Å². The summed E-state index contributed by atoms with van der Waals surface area (Å²) in [5.74, 6) is 0. The van der Waals surface area contributed by atoms with Crippen LogP contribution in [0.5, 0.6) is 0 Å². The number of hydrazone groups is 1. The Morgan fingerprint density at radius 1 is 1.26 bits per heavy atom. The van der Waals surface area contributed by atoms with E-state index in [1.807, 2.05) is 13.8 Å². The highest BCUT2D eigenvalue weighted by Gasteiger charge is 2.39. The van der Waals surface area contributed by atoms with Crippen LogP contribution in [0.3, 0.4) is 0 Å². The van der Waals surface area contributed by atoms with E-state index in [4.69, 9.17) is 4.74 Å². The molecule has 2 heterocycles. The van der Waals surface area contributed by atoms with Crippen LogP contribution < -0.4 is 16.7 Å². The first-order valence-corrected chi connectivity index (χ1v) is 11.7. The highest BCUT2D eigenvalue weighted by Crippen LogP contribution is 2.46. The molecule has 34 heavy (non-hydrogen) atoms. The minimum absolute atomic E-state index is 0.0445. The van der Waals surface area contributed by atoms with Crippen molar-refractivity contribution in [1.29, 1.82) is 0 Å². The third-order valence-corrected chi connectivity index (χ3v) is 6.83. The average Bonchev–Trinajstić information content (AvgIpc) is 2.94. The molecule has 1 aliphatic carbocycles. The maximum Gasteiger partial charge on any atom is 0.428 e. The van der Waals surface area contributed by atoms with Gasteiger partial charge in [-0.15, -0.1) is 11.3 Å². The Morgan fingerprint density at radius 2 is 1.88 bits per heavy atom. The summed E-state index contributed by atoms with van der Waals surface area (Å²) < 4.78 is 46.2. The van der Waals surface area contributed by atoms with Gasteiger partial charge in [0.1, 0.15) is 10.4 Å². The molecule has 1 amide bonds. The zero-order chi connectivity index (χ0) is 25.6. The van der Waals surface area contributed by atoms with Crippen LogP contribution in [0.25, 0.3) is 10.2 Å². The summed E-state index contributed by atoms with van der Waals surface area (Å²) in [6.45, 7) is 10.2. The van der Waals surface area contributed by atoms with Gasteiger partial charge in [-0.25, -0.2) is 15.0 Å². The Balaban J connectivity index is 2.06. The lowest BCUT2D eigenvalue weighted by Gasteiger charge is -2.43. The van der Waals surface area contributed by atoms with Crippen molar-refractivity contribution in [1.82, 2.24) is 14.6 Å². The van der Waals surface area contributed by atoms with Gasteiger partial charge in [0.25, 0.3) is 5.56 Å². The molecular formula is C22H29F3N4O4S. The average molecular weight is 503 g/mol. The zero-order valence-electron chi connectivity index (χ0n) is 20.0. The van der Waals surface area contributed by atoms with Crippen molar-refractivity contribution in [2.24, 2.45) is 10.5 Å². The minimum atomic E-state index is -4.46. The number of carbonyl (C=O) groups excluding carboxylic acids is 1. The number of fused-ring (bicyclic) bond motifs is 1. The number of nitrogens with zero attached hydrogens (tertiary/aromatic N) is 3. The van der Waals surface area contributed by atoms with Gasteiger partial charge < -0.3 is 4.74 Å². The molecular weight excluding hydrogens is 473 g/mol. The number of amides is 1. The van der Waals surface area contributed by atoms with Gasteiger partial charge in [-0.2, -0.15) is 18.3 Å². The third kappa shape index (κ3) is 5.70. The molecule has 8 nitrogen and oxygen atoms in total. The molecule has 0 aromatic carbocycles. The van der Waals surface area contributed by atoms with Gasteiger partial charge in [-0.05, 0) is 51.5 Å². The van der Waals surface area contributed by atoms with Crippen LogP contribution in [0.15, 0.2) is 14.7 Å². The Labute approximate surface area is 198 Å². The predicted molar refractivity (Wildman–Crippen MR) is 125 cm³/mol. The normalized spacial score (nSPS) is 16.7. The molecule has 12 heteroatoms. The third-order valence-electron chi connectivity index (χ3n) is 5.58. The number of thiophene rings is 1. The largest absolute Gasteiger partial charge is 0.443 e. The maximum atomic E-state index is 13.3. The SMILES string of the molecule is Cc1c(C=NNC(=O)OC(C)(C)C)sc2c1c(=O)n(C1CC(C)(C)C1)c(=O)n2CCC(F)(F)F. The molecule has 0 saturated heterocycles. The number of aryl methyl sites for hydroxylation is 2. The quantitative estimate of drug-likeness (QED) is 0.473. The van der Waals surface area contributed by atoms with Gasteiger partial charge in [0.15, 0.2) is 0 Å². The topological polar surface area (TPSA) is 94.7 Å². The number of hydrogen-bond donors (Lipinski definition) is 1. The standard InChI is InChI=1S/C22H29F3N4O4S/c1-12-14(11-26-27-18(31)33-20(2,3)4)34-17-15(12)16(30)29(13-9-21(5,6)10-13)19(32)28(17)8-7-22(23,24)25/h11,13H,7-10H2,1-6H3,(H,27,31). The fourth-order valence-corrected chi connectivity index (χ4v) is 5.30. The van der Waals surface area contributed by atoms with E-state index in [1.54, 1.807) is 27.7 Å². The Morgan fingerprint density at radius 3 is 2.41 bits per heavy atom. The van der Waals surface area contributed by atoms with Crippen molar-refractivity contribution < 1.29 is 22.7 Å². The molecule has 1 fully saturated rings. The predicted octanol–water partition coefficient (Wildman–Crippen LogP) is 4.71. The van der Waals surface area contributed by atoms with Crippen LogP contribution >= 0.6 is 11.3 Å². The van der Waals surface area contributed by atoms with E-state index in [9.17, 15) is 27.6 Å². The number of aromatic nitrogens is 2. The highest BCUT2D eigenvalue weighted by atomic mass is 32.1. The zero-order valence-corrected chi connectivity index (χ0v) is 20.8. The molecule has 0 bridgehead atoms. The second-order valence-corrected chi connectivity index (χ2v) is 11.4. The molecule has 2 aromatic rings. The van der Waals surface area contributed by atoms with E-state index in [0.29, 0.717) is 23.3 Å². The van der Waals surface area contributed by atoms with Gasteiger partial charge in [-0.1, -0.05) is 13.8 Å². The summed E-state index contributed by atoms with van der Waals surface area (Å²) in [4.78, 5) is 38.9. The molecule has 2 aromatic heterocycles. The van der Waals surface area contributed by atoms with Gasteiger partial charge in [0.2, 0.25) is 0 Å². The first-order valence-electron chi connectivity index (χ1n) is 10.9. The fraction of sp³-hybridized carbons (Fsp3) is 0.636. The summed E-state index contributed by atoms with van der Waals surface area (Å²) in [6.07, 6.45) is -3.97. The van der Waals surface area contributed by atoms with E-state index in [0.717, 1.165) is 20.5 Å². The Kier molecular flexibility index (Phi) is 6.77. The van der Waals surface area contributed by atoms with Crippen LogP contribution in [0, 0.1) is 12.3 Å². The second kappa shape index (κ2) is 8.86. The molecule has 0 spiro atoms. The number of carbonyl (C=O) groups is 1. The van der Waals surface area contributed by atoms with Gasteiger partial charge in [0, 0.05) is 12.6 Å². The van der Waals surface area contributed by atoms with Crippen molar-refractivity contribution in [2.45, 2.75) is 85.2 Å². The molecule has 188 valence electrons. The first kappa shape index (κ1) is 26.0. The number of nitrogens with one attached hydrogen (secondary N) is 1. The lowest BCUT2D eigenvalue weighted by molar-refractivity contribution is -0.136. The number of alkyl halides is 3. The molecule has 0 radical (unpaired) electrons. The van der Waals surface area contributed by atoms with E-state index < -0.39 is 42.1 Å². The summed E-state index contributed by atoms with van der Waals surface area (Å²) in [6, 6.07) is -0.359. The van der Waals surface area contributed by atoms with Crippen LogP contribution in [-0.4, -0.2) is 33.2 Å². The molecule has 1 aliphatic rings. The summed E-state index contributed by atoms with van der Waals surface area (Å²) in [5.41, 5.74) is 0.678. The van der Waals surface area contributed by atoms with Crippen molar-refractivity contribution >= 4 is 33.9 Å². The van der Waals surface area contributed by atoms with Crippen LogP contribution in [-0.2, 0) is 11.3 Å². The molecule has 0 aliphatic heterocycles. The summed E-state index contributed by atoms with van der Waals surface area (Å²) in [5, 5.41) is 4.03. The molecule has 0 unspecified atom stereocenters. The monoisotopic (exact) mass is 502 g/mol. The van der Waals surface area contributed by atoms with Crippen molar-refractivity contribution in [2.75, 3.05) is 0 Å². The number of rotatable bonds is 5. The van der Waals surface area contributed by atoms with Crippen LogP contribution in [0.2, 0.25) is 0 Å². The van der Waals surface area contributed by atoms with E-state index >= 15 is 0 Å². The second-order valence-electron chi connectivity index (χ2n) is 10.3. The van der Waals surface area contributed by atoms with Crippen LogP contribution in [0.4, 0.5) is 18.0 Å².